The van der Waals surface area contributed by atoms with E-state index in [1.165, 1.54) is 96.7 Å². The lowest BCUT2D eigenvalue weighted by Gasteiger charge is -2.49. The van der Waals surface area contributed by atoms with Gasteiger partial charge in [0.15, 0.2) is 0 Å². The highest BCUT2D eigenvalue weighted by atomic mass is 15.2. The van der Waals surface area contributed by atoms with E-state index in [-0.39, 0.29) is 0 Å². The summed E-state index contributed by atoms with van der Waals surface area (Å²) in [6.07, 6.45) is 16.5. The molecule has 122 valence electrons. The summed E-state index contributed by atoms with van der Waals surface area (Å²) in [5, 5.41) is 3.94. The Bertz CT molecular complexity index is 306. The first-order valence-corrected chi connectivity index (χ1v) is 9.53. The van der Waals surface area contributed by atoms with Gasteiger partial charge in [-0.3, -0.25) is 4.90 Å². The van der Waals surface area contributed by atoms with E-state index in [1.54, 1.807) is 0 Å². The number of nitrogens with two attached hydrogens (primary N) is 1. The minimum atomic E-state index is 0.438. The Labute approximate surface area is 131 Å². The average Bonchev–Trinajstić information content (AvgIpc) is 2.55. The van der Waals surface area contributed by atoms with E-state index < -0.39 is 0 Å². The summed E-state index contributed by atoms with van der Waals surface area (Å²) in [6.45, 7) is 3.89. The second kappa shape index (κ2) is 7.43. The Kier molecular flexibility index (Phi) is 5.58. The van der Waals surface area contributed by atoms with Crippen molar-refractivity contribution in [1.29, 1.82) is 0 Å². The molecular formula is C18H35N3. The van der Waals surface area contributed by atoms with Gasteiger partial charge < -0.3 is 11.1 Å². The molecule has 0 spiro atoms. The Balaban J connectivity index is 1.59. The summed E-state index contributed by atoms with van der Waals surface area (Å²) >= 11 is 0. The van der Waals surface area contributed by atoms with Crippen LogP contribution in [0.2, 0.25) is 0 Å². The van der Waals surface area contributed by atoms with Crippen molar-refractivity contribution in [2.45, 2.75) is 94.7 Å². The lowest BCUT2D eigenvalue weighted by Crippen LogP contribution is -2.59. The number of rotatable bonds is 4. The summed E-state index contributed by atoms with van der Waals surface area (Å²) in [6, 6.07) is 1.12. The van der Waals surface area contributed by atoms with Crippen LogP contribution in [-0.4, -0.2) is 42.2 Å². The molecule has 2 atom stereocenters. The van der Waals surface area contributed by atoms with Gasteiger partial charge in [0.2, 0.25) is 0 Å². The molecule has 3 heteroatoms. The van der Waals surface area contributed by atoms with E-state index in [9.17, 15) is 0 Å². The molecule has 3 rings (SSSR count). The summed E-state index contributed by atoms with van der Waals surface area (Å²) in [7, 11) is 0. The van der Waals surface area contributed by atoms with Crippen LogP contribution in [0.3, 0.4) is 0 Å². The SMILES string of the molecule is NC1CCCC(NCC2(N3CCCCC3)CCCCC2)C1. The summed E-state index contributed by atoms with van der Waals surface area (Å²) in [4.78, 5) is 2.85. The fourth-order valence-electron chi connectivity index (χ4n) is 4.93. The number of nitrogens with one attached hydrogen (secondary N) is 1. The summed E-state index contributed by atoms with van der Waals surface area (Å²) in [5.74, 6) is 0. The van der Waals surface area contributed by atoms with Gasteiger partial charge in [-0.15, -0.1) is 0 Å². The maximum absolute atomic E-state index is 6.16. The first-order chi connectivity index (χ1) is 10.3. The molecule has 0 amide bonds. The summed E-state index contributed by atoms with van der Waals surface area (Å²) in [5.41, 5.74) is 6.63. The maximum Gasteiger partial charge on any atom is 0.0334 e. The van der Waals surface area contributed by atoms with Gasteiger partial charge in [0, 0.05) is 24.2 Å². The van der Waals surface area contributed by atoms with Crippen LogP contribution in [0.4, 0.5) is 0 Å². The molecule has 1 saturated heterocycles. The van der Waals surface area contributed by atoms with Gasteiger partial charge in [0.05, 0.1) is 0 Å². The highest BCUT2D eigenvalue weighted by Gasteiger charge is 2.38. The number of nitrogens with zero attached hydrogens (tertiary/aromatic N) is 1. The van der Waals surface area contributed by atoms with Crippen LogP contribution in [0.15, 0.2) is 0 Å². The molecule has 0 aromatic heterocycles. The van der Waals surface area contributed by atoms with Gasteiger partial charge >= 0.3 is 0 Å². The van der Waals surface area contributed by atoms with Crippen LogP contribution in [0, 0.1) is 0 Å². The standard InChI is InChI=1S/C18H35N3/c19-16-8-7-9-17(14-16)20-15-18(10-3-1-4-11-18)21-12-5-2-6-13-21/h16-17,20H,1-15,19H2. The van der Waals surface area contributed by atoms with E-state index in [1.807, 2.05) is 0 Å². The lowest BCUT2D eigenvalue weighted by molar-refractivity contribution is 0.0302. The van der Waals surface area contributed by atoms with Crippen molar-refractivity contribution in [2.24, 2.45) is 5.73 Å². The second-order valence-electron chi connectivity index (χ2n) is 7.84. The zero-order chi connectivity index (χ0) is 14.5. The lowest BCUT2D eigenvalue weighted by atomic mass is 9.78. The molecule has 0 aromatic carbocycles. The van der Waals surface area contributed by atoms with Gasteiger partial charge in [0.25, 0.3) is 0 Å². The smallest absolute Gasteiger partial charge is 0.0334 e. The molecule has 0 radical (unpaired) electrons. The monoisotopic (exact) mass is 293 g/mol. The molecule has 0 aromatic rings. The number of likely N-dealkylation sites (tertiary alicyclic amines) is 1. The molecule has 0 bridgehead atoms. The van der Waals surface area contributed by atoms with Gasteiger partial charge in [0.1, 0.15) is 0 Å². The quantitative estimate of drug-likeness (QED) is 0.837. The second-order valence-corrected chi connectivity index (χ2v) is 7.84. The molecular weight excluding hydrogens is 258 g/mol. The third-order valence-corrected chi connectivity index (χ3v) is 6.25. The molecule has 3 N–H and O–H groups in total. The molecule has 21 heavy (non-hydrogen) atoms. The zero-order valence-corrected chi connectivity index (χ0v) is 13.8. The van der Waals surface area contributed by atoms with Crippen LogP contribution in [0.5, 0.6) is 0 Å². The van der Waals surface area contributed by atoms with Crippen LogP contribution in [0.25, 0.3) is 0 Å². The molecule has 2 saturated carbocycles. The van der Waals surface area contributed by atoms with Crippen LogP contribution in [-0.2, 0) is 0 Å². The van der Waals surface area contributed by atoms with E-state index in [0.717, 1.165) is 0 Å². The summed E-state index contributed by atoms with van der Waals surface area (Å²) < 4.78 is 0. The average molecular weight is 293 g/mol. The molecule has 3 fully saturated rings. The third-order valence-electron chi connectivity index (χ3n) is 6.25. The Morgan fingerprint density at radius 3 is 2.33 bits per heavy atom. The van der Waals surface area contributed by atoms with Crippen molar-refractivity contribution in [3.8, 4) is 0 Å². The van der Waals surface area contributed by atoms with Crippen molar-refractivity contribution in [3.63, 3.8) is 0 Å². The van der Waals surface area contributed by atoms with E-state index in [2.05, 4.69) is 10.2 Å². The third kappa shape index (κ3) is 4.00. The molecule has 2 aliphatic carbocycles. The molecule has 1 heterocycles. The van der Waals surface area contributed by atoms with Crippen molar-refractivity contribution in [1.82, 2.24) is 10.2 Å². The fraction of sp³-hybridized carbons (Fsp3) is 1.00. The Morgan fingerprint density at radius 2 is 1.62 bits per heavy atom. The highest BCUT2D eigenvalue weighted by Crippen LogP contribution is 2.35. The number of piperidine rings is 1. The molecule has 3 nitrogen and oxygen atoms in total. The van der Waals surface area contributed by atoms with Crippen LogP contribution in [0.1, 0.15) is 77.0 Å². The van der Waals surface area contributed by atoms with Gasteiger partial charge in [-0.05, 0) is 58.0 Å². The normalized spacial score (nSPS) is 34.7. The first kappa shape index (κ1) is 15.8. The topological polar surface area (TPSA) is 41.3 Å². The molecule has 3 aliphatic rings. The minimum Gasteiger partial charge on any atom is -0.328 e. The van der Waals surface area contributed by atoms with E-state index in [0.29, 0.717) is 17.6 Å². The Hall–Kier alpha value is -0.120. The number of hydrogen-bond acceptors (Lipinski definition) is 3. The zero-order valence-electron chi connectivity index (χ0n) is 13.8. The van der Waals surface area contributed by atoms with Crippen LogP contribution >= 0.6 is 0 Å². The fourth-order valence-corrected chi connectivity index (χ4v) is 4.93. The minimum absolute atomic E-state index is 0.438. The van der Waals surface area contributed by atoms with Gasteiger partial charge in [-0.1, -0.05) is 32.1 Å². The predicted molar refractivity (Wildman–Crippen MR) is 89.5 cm³/mol. The Morgan fingerprint density at radius 1 is 0.905 bits per heavy atom. The van der Waals surface area contributed by atoms with Crippen LogP contribution < -0.4 is 11.1 Å². The van der Waals surface area contributed by atoms with Crippen molar-refractivity contribution >= 4 is 0 Å². The van der Waals surface area contributed by atoms with Crippen molar-refractivity contribution < 1.29 is 0 Å². The van der Waals surface area contributed by atoms with Gasteiger partial charge in [-0.25, -0.2) is 0 Å². The molecule has 1 aliphatic heterocycles. The first-order valence-electron chi connectivity index (χ1n) is 9.53. The van der Waals surface area contributed by atoms with E-state index in [4.69, 9.17) is 5.73 Å². The maximum atomic E-state index is 6.16. The number of hydrogen-bond donors (Lipinski definition) is 2. The molecule has 2 unspecified atom stereocenters. The van der Waals surface area contributed by atoms with Gasteiger partial charge in [-0.2, -0.15) is 0 Å². The van der Waals surface area contributed by atoms with E-state index >= 15 is 0 Å². The highest BCUT2D eigenvalue weighted by molar-refractivity contribution is 4.97. The predicted octanol–water partition coefficient (Wildman–Crippen LogP) is 3.03. The van der Waals surface area contributed by atoms with Crippen molar-refractivity contribution in [2.75, 3.05) is 19.6 Å². The van der Waals surface area contributed by atoms with Crippen molar-refractivity contribution in [3.05, 3.63) is 0 Å². The largest absolute Gasteiger partial charge is 0.328 e.